The lowest BCUT2D eigenvalue weighted by atomic mass is 9.82. The molecule has 3 amide bonds. The quantitative estimate of drug-likeness (QED) is 0.500. The Morgan fingerprint density at radius 3 is 2.24 bits per heavy atom. The molecule has 0 aliphatic heterocycles. The normalized spacial score (nSPS) is 16.4. The largest absolute Gasteiger partial charge is 0.370 e. The van der Waals surface area contributed by atoms with Gasteiger partial charge in [0.05, 0.1) is 13.1 Å². The van der Waals surface area contributed by atoms with Crippen molar-refractivity contribution in [2.24, 2.45) is 17.4 Å². The molecule has 0 aromatic heterocycles. The van der Waals surface area contributed by atoms with Gasteiger partial charge in [-0.05, 0) is 18.8 Å². The Bertz CT molecular complexity index is 359. The predicted molar refractivity (Wildman–Crippen MR) is 81.6 cm³/mol. The molecule has 1 unspecified atom stereocenters. The molecule has 0 aromatic carbocycles. The predicted octanol–water partition coefficient (Wildman–Crippen LogP) is -0.576. The zero-order valence-corrected chi connectivity index (χ0v) is 12.9. The summed E-state index contributed by atoms with van der Waals surface area (Å²) in [6.07, 6.45) is 5.54. The molecular weight excluding hydrogens is 296 g/mol. The van der Waals surface area contributed by atoms with Crippen LogP contribution in [-0.2, 0) is 14.4 Å². The first-order chi connectivity index (χ1) is 9.52. The number of hydrogen-bond acceptors (Lipinski definition) is 4. The summed E-state index contributed by atoms with van der Waals surface area (Å²) in [6, 6.07) is -0.241. The van der Waals surface area contributed by atoms with Gasteiger partial charge in [0.1, 0.15) is 0 Å². The minimum absolute atomic E-state index is 0. The lowest BCUT2D eigenvalue weighted by Crippen LogP contribution is -2.47. The fourth-order valence-electron chi connectivity index (χ4n) is 2.60. The van der Waals surface area contributed by atoms with Gasteiger partial charge >= 0.3 is 0 Å². The third kappa shape index (κ3) is 7.87. The van der Waals surface area contributed by atoms with Crippen molar-refractivity contribution in [3.63, 3.8) is 0 Å². The molecule has 122 valence electrons. The second-order valence-electron chi connectivity index (χ2n) is 5.22. The van der Waals surface area contributed by atoms with Crippen LogP contribution >= 0.6 is 12.4 Å². The fraction of sp³-hybridized carbons (Fsp3) is 0.769. The van der Waals surface area contributed by atoms with E-state index in [1.54, 1.807) is 0 Å². The Morgan fingerprint density at radius 1 is 1.10 bits per heavy atom. The van der Waals surface area contributed by atoms with Gasteiger partial charge in [-0.3, -0.25) is 14.4 Å². The molecule has 6 N–H and O–H groups in total. The monoisotopic (exact) mass is 320 g/mol. The summed E-state index contributed by atoms with van der Waals surface area (Å²) in [6.45, 7) is -0.279. The van der Waals surface area contributed by atoms with Crippen molar-refractivity contribution in [1.82, 2.24) is 10.6 Å². The minimum atomic E-state index is -0.424. The smallest absolute Gasteiger partial charge is 0.239 e. The first-order valence-corrected chi connectivity index (χ1v) is 7.07. The average molecular weight is 321 g/mol. The standard InChI is InChI=1S/C13H24N4O3.ClH/c14-7-12(19)16-8-13(20)17-10(6-11(15)18)9-4-2-1-3-5-9;/h9-10H,1-8,14H2,(H2,15,18)(H,16,19)(H,17,20);1H. The number of nitrogens with one attached hydrogen (secondary N) is 2. The summed E-state index contributed by atoms with van der Waals surface area (Å²) in [5.74, 6) is -0.842. The van der Waals surface area contributed by atoms with Crippen molar-refractivity contribution in [3.8, 4) is 0 Å². The average Bonchev–Trinajstić information content (AvgIpc) is 2.44. The van der Waals surface area contributed by atoms with Gasteiger partial charge in [0, 0.05) is 12.5 Å². The van der Waals surface area contributed by atoms with Crippen LogP contribution < -0.4 is 22.1 Å². The Morgan fingerprint density at radius 2 is 1.71 bits per heavy atom. The van der Waals surface area contributed by atoms with E-state index in [9.17, 15) is 14.4 Å². The first kappa shape index (κ1) is 19.7. The van der Waals surface area contributed by atoms with Crippen molar-refractivity contribution >= 4 is 30.1 Å². The highest BCUT2D eigenvalue weighted by molar-refractivity contribution is 5.86. The molecule has 0 saturated heterocycles. The van der Waals surface area contributed by atoms with Crippen molar-refractivity contribution in [2.45, 2.75) is 44.6 Å². The second kappa shape index (κ2) is 10.4. The molecule has 1 atom stereocenters. The third-order valence-corrected chi connectivity index (χ3v) is 3.62. The summed E-state index contributed by atoms with van der Waals surface area (Å²) in [5.41, 5.74) is 10.4. The molecule has 8 heteroatoms. The van der Waals surface area contributed by atoms with Gasteiger partial charge in [-0.1, -0.05) is 19.3 Å². The third-order valence-electron chi connectivity index (χ3n) is 3.62. The molecule has 1 aliphatic rings. The summed E-state index contributed by atoms with van der Waals surface area (Å²) in [5, 5.41) is 5.20. The van der Waals surface area contributed by atoms with E-state index < -0.39 is 5.91 Å². The van der Waals surface area contributed by atoms with Crippen LogP contribution in [0.3, 0.4) is 0 Å². The van der Waals surface area contributed by atoms with E-state index >= 15 is 0 Å². The molecular formula is C13H25ClN4O3. The summed E-state index contributed by atoms with van der Waals surface area (Å²) >= 11 is 0. The molecule has 1 aliphatic carbocycles. The zero-order valence-electron chi connectivity index (χ0n) is 12.1. The maximum absolute atomic E-state index is 11.8. The van der Waals surface area contributed by atoms with Crippen molar-refractivity contribution in [3.05, 3.63) is 0 Å². The Balaban J connectivity index is 0.00000400. The zero-order chi connectivity index (χ0) is 15.0. The maximum Gasteiger partial charge on any atom is 0.239 e. The van der Waals surface area contributed by atoms with Crippen molar-refractivity contribution < 1.29 is 14.4 Å². The van der Waals surface area contributed by atoms with Gasteiger partial charge in [-0.25, -0.2) is 0 Å². The number of hydrogen-bond donors (Lipinski definition) is 4. The van der Waals surface area contributed by atoms with Gasteiger partial charge in [-0.2, -0.15) is 0 Å². The van der Waals surface area contributed by atoms with Gasteiger partial charge in [0.15, 0.2) is 0 Å². The number of rotatable bonds is 7. The lowest BCUT2D eigenvalue weighted by molar-refractivity contribution is -0.126. The molecule has 21 heavy (non-hydrogen) atoms. The first-order valence-electron chi connectivity index (χ1n) is 7.07. The van der Waals surface area contributed by atoms with Crippen LogP contribution in [0, 0.1) is 5.92 Å². The van der Waals surface area contributed by atoms with E-state index in [0.717, 1.165) is 25.7 Å². The van der Waals surface area contributed by atoms with E-state index in [1.807, 2.05) is 0 Å². The molecule has 7 nitrogen and oxygen atoms in total. The van der Waals surface area contributed by atoms with E-state index in [4.69, 9.17) is 11.5 Å². The van der Waals surface area contributed by atoms with E-state index in [0.29, 0.717) is 0 Å². The van der Waals surface area contributed by atoms with Crippen molar-refractivity contribution in [2.75, 3.05) is 13.1 Å². The highest BCUT2D eigenvalue weighted by Crippen LogP contribution is 2.27. The Kier molecular flexibility index (Phi) is 9.73. The van der Waals surface area contributed by atoms with E-state index in [-0.39, 0.29) is 55.7 Å². The number of primary amides is 1. The summed E-state index contributed by atoms with van der Waals surface area (Å²) < 4.78 is 0. The fourth-order valence-corrected chi connectivity index (χ4v) is 2.60. The van der Waals surface area contributed by atoms with Crippen molar-refractivity contribution in [1.29, 1.82) is 0 Å². The lowest BCUT2D eigenvalue weighted by Gasteiger charge is -2.30. The highest BCUT2D eigenvalue weighted by atomic mass is 35.5. The van der Waals surface area contributed by atoms with Gasteiger partial charge in [0.2, 0.25) is 17.7 Å². The van der Waals surface area contributed by atoms with Crippen LogP contribution in [0.2, 0.25) is 0 Å². The molecule has 0 radical (unpaired) electrons. The number of halogens is 1. The summed E-state index contributed by atoms with van der Waals surface area (Å²) in [4.78, 5) is 33.9. The molecule has 0 bridgehead atoms. The van der Waals surface area contributed by atoms with Gasteiger partial charge in [-0.15, -0.1) is 12.4 Å². The molecule has 0 spiro atoms. The van der Waals surface area contributed by atoms with Gasteiger partial charge in [0.25, 0.3) is 0 Å². The highest BCUT2D eigenvalue weighted by Gasteiger charge is 2.26. The number of carbonyl (C=O) groups is 3. The number of nitrogens with two attached hydrogens (primary N) is 2. The number of amides is 3. The maximum atomic E-state index is 11.8. The minimum Gasteiger partial charge on any atom is -0.370 e. The SMILES string of the molecule is Cl.NCC(=O)NCC(=O)NC(CC(N)=O)C1CCCCC1. The molecule has 1 rings (SSSR count). The number of carbonyl (C=O) groups excluding carboxylic acids is 3. The van der Waals surface area contributed by atoms with Crippen LogP contribution in [-0.4, -0.2) is 36.9 Å². The van der Waals surface area contributed by atoms with E-state index in [1.165, 1.54) is 6.42 Å². The molecule has 0 aromatic rings. The van der Waals surface area contributed by atoms with Crippen LogP contribution in [0.15, 0.2) is 0 Å². The molecule has 1 fully saturated rings. The van der Waals surface area contributed by atoms with Crippen LogP contribution in [0.5, 0.6) is 0 Å². The van der Waals surface area contributed by atoms with Gasteiger partial charge < -0.3 is 22.1 Å². The Hall–Kier alpha value is -1.34. The molecule has 1 saturated carbocycles. The topological polar surface area (TPSA) is 127 Å². The van der Waals surface area contributed by atoms with Crippen LogP contribution in [0.25, 0.3) is 0 Å². The van der Waals surface area contributed by atoms with Crippen LogP contribution in [0.1, 0.15) is 38.5 Å². The Labute approximate surface area is 131 Å². The second-order valence-corrected chi connectivity index (χ2v) is 5.22. The molecule has 0 heterocycles. The van der Waals surface area contributed by atoms with E-state index in [2.05, 4.69) is 10.6 Å². The van der Waals surface area contributed by atoms with Crippen LogP contribution in [0.4, 0.5) is 0 Å². The summed E-state index contributed by atoms with van der Waals surface area (Å²) in [7, 11) is 0.